The van der Waals surface area contributed by atoms with E-state index in [1.54, 1.807) is 12.1 Å². The van der Waals surface area contributed by atoms with Gasteiger partial charge in [-0.15, -0.1) is 0 Å². The topological polar surface area (TPSA) is 35.8 Å². The van der Waals surface area contributed by atoms with Gasteiger partial charge in [-0.2, -0.15) is 0 Å². The van der Waals surface area contributed by atoms with Crippen molar-refractivity contribution in [1.29, 1.82) is 0 Å². The van der Waals surface area contributed by atoms with Crippen molar-refractivity contribution in [1.82, 2.24) is 5.73 Å². The molecule has 63 valence electrons. The maximum Gasteiger partial charge on any atom is 0.189 e. The van der Waals surface area contributed by atoms with E-state index >= 15 is 0 Å². The molecule has 0 aliphatic heterocycles. The molecule has 0 atom stereocenters. The van der Waals surface area contributed by atoms with Crippen molar-refractivity contribution in [2.75, 3.05) is 5.32 Å². The number of aryl methyl sites for hydroxylation is 1. The van der Waals surface area contributed by atoms with Crippen LogP contribution >= 0.6 is 23.8 Å². The quantitative estimate of drug-likeness (QED) is 0.706. The highest BCUT2D eigenvalue weighted by Crippen LogP contribution is 2.19. The second-order valence-electron chi connectivity index (χ2n) is 2.41. The summed E-state index contributed by atoms with van der Waals surface area (Å²) in [6.07, 6.45) is 0. The number of hydrogen-bond donors (Lipinski definition) is 1. The Morgan fingerprint density at radius 2 is 2.25 bits per heavy atom. The lowest BCUT2D eigenvalue weighted by Crippen LogP contribution is -2.09. The molecule has 0 unspecified atom stereocenters. The molecule has 1 aromatic carbocycles. The third kappa shape index (κ3) is 2.36. The van der Waals surface area contributed by atoms with E-state index in [0.29, 0.717) is 5.02 Å². The molecule has 1 rings (SSSR count). The SMILES string of the molecule is Cc1ccc(Cl)cc1NC([NH])=S. The molecule has 1 aromatic rings. The summed E-state index contributed by atoms with van der Waals surface area (Å²) in [4.78, 5) is 0. The molecule has 2 N–H and O–H groups in total. The largest absolute Gasteiger partial charge is 0.331 e. The minimum Gasteiger partial charge on any atom is -0.331 e. The fraction of sp³-hybridized carbons (Fsp3) is 0.125. The number of halogens is 1. The fourth-order valence-corrected chi connectivity index (χ4v) is 1.13. The van der Waals surface area contributed by atoms with Gasteiger partial charge in [0.1, 0.15) is 0 Å². The van der Waals surface area contributed by atoms with Gasteiger partial charge >= 0.3 is 0 Å². The van der Waals surface area contributed by atoms with Crippen molar-refractivity contribution >= 4 is 34.6 Å². The highest BCUT2D eigenvalue weighted by atomic mass is 35.5. The Kier molecular flexibility index (Phi) is 2.89. The number of thiocarbonyl (C=S) groups is 1. The van der Waals surface area contributed by atoms with Crippen molar-refractivity contribution in [2.24, 2.45) is 0 Å². The predicted molar refractivity (Wildman–Crippen MR) is 55.5 cm³/mol. The Balaban J connectivity index is 2.97. The summed E-state index contributed by atoms with van der Waals surface area (Å²) in [6, 6.07) is 5.43. The van der Waals surface area contributed by atoms with Crippen LogP contribution in [0.5, 0.6) is 0 Å². The standard InChI is InChI=1S/C8H8ClN2S/c1-5-2-3-6(9)4-7(5)11-8(10)12/h2-4,10H,1H3,(H,11,12). The van der Waals surface area contributed by atoms with Crippen LogP contribution in [-0.2, 0) is 0 Å². The Bertz CT molecular complexity index is 312. The van der Waals surface area contributed by atoms with Crippen LogP contribution in [0.25, 0.3) is 0 Å². The van der Waals surface area contributed by atoms with Gasteiger partial charge in [-0.1, -0.05) is 17.7 Å². The van der Waals surface area contributed by atoms with Crippen LogP contribution in [0.4, 0.5) is 5.69 Å². The third-order valence-corrected chi connectivity index (χ3v) is 1.78. The molecular formula is C8H8ClN2S. The van der Waals surface area contributed by atoms with Gasteiger partial charge in [0.2, 0.25) is 0 Å². The molecule has 0 saturated heterocycles. The number of anilines is 1. The molecule has 0 spiro atoms. The second-order valence-corrected chi connectivity index (χ2v) is 3.26. The van der Waals surface area contributed by atoms with Gasteiger partial charge in [0.25, 0.3) is 0 Å². The van der Waals surface area contributed by atoms with Crippen LogP contribution in [0.1, 0.15) is 5.56 Å². The van der Waals surface area contributed by atoms with Gasteiger partial charge < -0.3 is 5.32 Å². The zero-order valence-corrected chi connectivity index (χ0v) is 8.09. The van der Waals surface area contributed by atoms with Gasteiger partial charge in [0.05, 0.1) is 0 Å². The van der Waals surface area contributed by atoms with Crippen molar-refractivity contribution in [2.45, 2.75) is 6.92 Å². The van der Waals surface area contributed by atoms with Crippen molar-refractivity contribution in [3.8, 4) is 0 Å². The monoisotopic (exact) mass is 199 g/mol. The number of nitrogens with one attached hydrogen (secondary N) is 2. The third-order valence-electron chi connectivity index (χ3n) is 1.45. The lowest BCUT2D eigenvalue weighted by molar-refractivity contribution is 1.45. The van der Waals surface area contributed by atoms with E-state index < -0.39 is 0 Å². The van der Waals surface area contributed by atoms with E-state index in [2.05, 4.69) is 17.5 Å². The Hall–Kier alpha value is -0.800. The van der Waals surface area contributed by atoms with Gasteiger partial charge in [0, 0.05) is 10.7 Å². The van der Waals surface area contributed by atoms with Crippen LogP contribution in [0.3, 0.4) is 0 Å². The smallest absolute Gasteiger partial charge is 0.189 e. The van der Waals surface area contributed by atoms with Crippen molar-refractivity contribution < 1.29 is 0 Å². The minimum absolute atomic E-state index is 0.000340. The summed E-state index contributed by atoms with van der Waals surface area (Å²) in [7, 11) is 0. The van der Waals surface area contributed by atoms with Crippen LogP contribution < -0.4 is 11.1 Å². The van der Waals surface area contributed by atoms with E-state index in [9.17, 15) is 0 Å². The average molecular weight is 200 g/mol. The first-order valence-corrected chi connectivity index (χ1v) is 4.17. The molecule has 2 nitrogen and oxygen atoms in total. The van der Waals surface area contributed by atoms with Crippen molar-refractivity contribution in [3.05, 3.63) is 28.8 Å². The average Bonchev–Trinajstić information content (AvgIpc) is 1.96. The van der Waals surface area contributed by atoms with Gasteiger partial charge in [-0.05, 0) is 36.8 Å². The Morgan fingerprint density at radius 3 is 2.83 bits per heavy atom. The Morgan fingerprint density at radius 1 is 1.58 bits per heavy atom. The number of hydrogen-bond acceptors (Lipinski definition) is 1. The molecule has 0 aromatic heterocycles. The van der Waals surface area contributed by atoms with Crippen LogP contribution in [0, 0.1) is 6.92 Å². The lowest BCUT2D eigenvalue weighted by Gasteiger charge is -2.06. The number of rotatable bonds is 1. The normalized spacial score (nSPS) is 9.50. The first-order valence-electron chi connectivity index (χ1n) is 3.38. The predicted octanol–water partition coefficient (Wildman–Crippen LogP) is 2.63. The summed E-state index contributed by atoms with van der Waals surface area (Å²) in [5.41, 5.74) is 8.88. The molecule has 0 bridgehead atoms. The molecule has 0 aliphatic carbocycles. The maximum absolute atomic E-state index is 7.06. The van der Waals surface area contributed by atoms with E-state index in [1.807, 2.05) is 13.0 Å². The molecular weight excluding hydrogens is 192 g/mol. The van der Waals surface area contributed by atoms with E-state index in [0.717, 1.165) is 11.3 Å². The second kappa shape index (κ2) is 3.74. The fourth-order valence-electron chi connectivity index (χ4n) is 0.851. The van der Waals surface area contributed by atoms with E-state index in [1.165, 1.54) is 0 Å². The highest BCUT2D eigenvalue weighted by Gasteiger charge is 1.99. The number of benzene rings is 1. The Labute approximate surface area is 81.7 Å². The minimum atomic E-state index is 0.000340. The zero-order chi connectivity index (χ0) is 9.14. The summed E-state index contributed by atoms with van der Waals surface area (Å²) >= 11 is 10.3. The molecule has 1 radical (unpaired) electrons. The zero-order valence-electron chi connectivity index (χ0n) is 6.52. The molecule has 0 heterocycles. The molecule has 12 heavy (non-hydrogen) atoms. The molecule has 0 saturated carbocycles. The summed E-state index contributed by atoms with van der Waals surface area (Å²) in [5.74, 6) is 0. The summed E-state index contributed by atoms with van der Waals surface area (Å²) in [6.45, 7) is 1.93. The van der Waals surface area contributed by atoms with Gasteiger partial charge in [-0.25, -0.2) is 0 Å². The molecule has 0 amide bonds. The summed E-state index contributed by atoms with van der Waals surface area (Å²) < 4.78 is 0. The van der Waals surface area contributed by atoms with E-state index in [4.69, 9.17) is 17.3 Å². The van der Waals surface area contributed by atoms with Crippen molar-refractivity contribution in [3.63, 3.8) is 0 Å². The maximum atomic E-state index is 7.06. The van der Waals surface area contributed by atoms with E-state index in [-0.39, 0.29) is 5.11 Å². The van der Waals surface area contributed by atoms with Gasteiger partial charge in [-0.3, -0.25) is 5.73 Å². The molecule has 4 heteroatoms. The summed E-state index contributed by atoms with van der Waals surface area (Å²) in [5, 5.41) is 3.37. The molecule has 0 aliphatic rings. The van der Waals surface area contributed by atoms with Crippen LogP contribution in [0.2, 0.25) is 5.02 Å². The van der Waals surface area contributed by atoms with Gasteiger partial charge in [0.15, 0.2) is 5.11 Å². The lowest BCUT2D eigenvalue weighted by atomic mass is 10.2. The molecule has 0 fully saturated rings. The van der Waals surface area contributed by atoms with Crippen LogP contribution in [0.15, 0.2) is 18.2 Å². The highest BCUT2D eigenvalue weighted by molar-refractivity contribution is 7.80. The van der Waals surface area contributed by atoms with Crippen LogP contribution in [-0.4, -0.2) is 5.11 Å². The first-order chi connectivity index (χ1) is 5.59. The first kappa shape index (κ1) is 9.29.